The lowest BCUT2D eigenvalue weighted by Crippen LogP contribution is -2.04. The Hall–Kier alpha value is -2.11. The van der Waals surface area contributed by atoms with Gasteiger partial charge in [-0.1, -0.05) is 60.7 Å². The molecule has 6 heteroatoms. The Labute approximate surface area is 139 Å². The lowest BCUT2D eigenvalue weighted by Gasteiger charge is -2.12. The van der Waals surface area contributed by atoms with E-state index in [1.807, 2.05) is 60.7 Å². The second-order valence-corrected chi connectivity index (χ2v) is 7.17. The van der Waals surface area contributed by atoms with E-state index in [1.54, 1.807) is 0 Å². The summed E-state index contributed by atoms with van der Waals surface area (Å²) in [6.45, 7) is 0.379. The number of rotatable bonds is 3. The molecule has 0 atom stereocenters. The molecular formula is C17H14ClNO3S. The zero-order valence-corrected chi connectivity index (χ0v) is 13.7. The van der Waals surface area contributed by atoms with Gasteiger partial charge in [-0.15, -0.1) is 4.40 Å². The van der Waals surface area contributed by atoms with E-state index < -0.39 is 9.24 Å². The zero-order valence-electron chi connectivity index (χ0n) is 12.1. The Kier molecular flexibility index (Phi) is 4.50. The van der Waals surface area contributed by atoms with Crippen molar-refractivity contribution in [1.82, 2.24) is 0 Å². The largest absolute Gasteiger partial charge is 0.477 e. The first-order valence-corrected chi connectivity index (χ1v) is 9.33. The molecule has 3 rings (SSSR count). The first-order chi connectivity index (χ1) is 11.0. The van der Waals surface area contributed by atoms with Gasteiger partial charge in [0.15, 0.2) is 0 Å². The van der Waals surface area contributed by atoms with Gasteiger partial charge in [-0.05, 0) is 16.7 Å². The molecule has 0 aromatic heterocycles. The van der Waals surface area contributed by atoms with Crippen LogP contribution in [0.3, 0.4) is 0 Å². The van der Waals surface area contributed by atoms with Gasteiger partial charge in [0.2, 0.25) is 5.90 Å². The highest BCUT2D eigenvalue weighted by molar-refractivity contribution is 8.12. The van der Waals surface area contributed by atoms with Crippen molar-refractivity contribution in [2.75, 3.05) is 6.61 Å². The molecule has 1 heterocycles. The number of benzene rings is 2. The lowest BCUT2D eigenvalue weighted by molar-refractivity contribution is 0.344. The highest BCUT2D eigenvalue weighted by atomic mass is 35.7. The summed E-state index contributed by atoms with van der Waals surface area (Å²) in [5.74, 6) is 0.0720. The van der Waals surface area contributed by atoms with E-state index in [0.29, 0.717) is 13.0 Å². The van der Waals surface area contributed by atoms with Gasteiger partial charge in [-0.25, -0.2) is 0 Å². The molecule has 4 nitrogen and oxygen atoms in total. The Balaban J connectivity index is 2.25. The predicted molar refractivity (Wildman–Crippen MR) is 91.7 cm³/mol. The van der Waals surface area contributed by atoms with E-state index in [0.717, 1.165) is 22.3 Å². The summed E-state index contributed by atoms with van der Waals surface area (Å²) in [5, 5.41) is 0. The van der Waals surface area contributed by atoms with Crippen molar-refractivity contribution in [2.24, 2.45) is 4.40 Å². The summed E-state index contributed by atoms with van der Waals surface area (Å²) >= 11 is 0. The van der Waals surface area contributed by atoms with Crippen LogP contribution in [0.5, 0.6) is 0 Å². The molecular weight excluding hydrogens is 334 g/mol. The van der Waals surface area contributed by atoms with Crippen molar-refractivity contribution in [3.05, 3.63) is 77.4 Å². The van der Waals surface area contributed by atoms with Crippen LogP contribution in [0.2, 0.25) is 0 Å². The monoisotopic (exact) mass is 347 g/mol. The fraction of sp³-hybridized carbons (Fsp3) is 0.118. The summed E-state index contributed by atoms with van der Waals surface area (Å²) in [5.41, 5.74) is 3.59. The number of hydrogen-bond donors (Lipinski definition) is 0. The fourth-order valence-electron chi connectivity index (χ4n) is 2.58. The van der Waals surface area contributed by atoms with Gasteiger partial charge in [0, 0.05) is 22.7 Å². The number of hydrogen-bond acceptors (Lipinski definition) is 3. The van der Waals surface area contributed by atoms with Gasteiger partial charge in [-0.3, -0.25) is 0 Å². The molecule has 0 N–H and O–H groups in total. The average Bonchev–Trinajstić information content (AvgIpc) is 2.96. The zero-order chi connectivity index (χ0) is 16.3. The van der Waals surface area contributed by atoms with Crippen LogP contribution in [0.25, 0.3) is 5.57 Å². The first-order valence-electron chi connectivity index (χ1n) is 7.06. The predicted octanol–water partition coefficient (Wildman–Crippen LogP) is 3.79. The number of halogens is 1. The van der Waals surface area contributed by atoms with Crippen molar-refractivity contribution in [3.8, 4) is 0 Å². The Morgan fingerprint density at radius 1 is 0.957 bits per heavy atom. The molecule has 2 aromatic carbocycles. The maximum absolute atomic E-state index is 11.3. The minimum atomic E-state index is -4.04. The highest BCUT2D eigenvalue weighted by Crippen LogP contribution is 2.32. The summed E-state index contributed by atoms with van der Waals surface area (Å²) in [7, 11) is 1.22. The Morgan fingerprint density at radius 2 is 1.48 bits per heavy atom. The molecule has 0 saturated carbocycles. The third kappa shape index (κ3) is 3.81. The third-order valence-corrected chi connectivity index (χ3v) is 4.06. The van der Waals surface area contributed by atoms with Crippen LogP contribution in [-0.2, 0) is 14.0 Å². The van der Waals surface area contributed by atoms with E-state index in [-0.39, 0.29) is 5.90 Å². The molecule has 0 unspecified atom stereocenters. The SMILES string of the molecule is O=S(=O)(Cl)/N=C1\OCCC1=C(c1ccccc1)c1ccccc1. The normalized spacial score (nSPS) is 16.4. The number of ether oxygens (including phenoxy) is 1. The molecule has 1 saturated heterocycles. The van der Waals surface area contributed by atoms with Crippen LogP contribution in [0.1, 0.15) is 17.5 Å². The quantitative estimate of drug-likeness (QED) is 0.794. The second kappa shape index (κ2) is 6.56. The van der Waals surface area contributed by atoms with Crippen molar-refractivity contribution in [3.63, 3.8) is 0 Å². The van der Waals surface area contributed by atoms with Crippen molar-refractivity contribution < 1.29 is 13.2 Å². The van der Waals surface area contributed by atoms with Crippen LogP contribution in [0.4, 0.5) is 0 Å². The van der Waals surface area contributed by atoms with Crippen molar-refractivity contribution >= 4 is 31.4 Å². The van der Waals surface area contributed by atoms with Gasteiger partial charge in [-0.2, -0.15) is 8.42 Å². The topological polar surface area (TPSA) is 55.7 Å². The van der Waals surface area contributed by atoms with Crippen molar-refractivity contribution in [1.29, 1.82) is 0 Å². The van der Waals surface area contributed by atoms with Crippen LogP contribution in [0.15, 0.2) is 70.6 Å². The first kappa shape index (κ1) is 15.8. The van der Waals surface area contributed by atoms with Gasteiger partial charge in [0.05, 0.1) is 6.61 Å². The summed E-state index contributed by atoms with van der Waals surface area (Å²) < 4.78 is 31.5. The van der Waals surface area contributed by atoms with E-state index in [2.05, 4.69) is 4.40 Å². The van der Waals surface area contributed by atoms with Crippen LogP contribution >= 0.6 is 10.7 Å². The summed E-state index contributed by atoms with van der Waals surface area (Å²) in [4.78, 5) is 0. The van der Waals surface area contributed by atoms with E-state index in [1.165, 1.54) is 0 Å². The van der Waals surface area contributed by atoms with Crippen LogP contribution < -0.4 is 0 Å². The molecule has 0 amide bonds. The van der Waals surface area contributed by atoms with Crippen LogP contribution in [0, 0.1) is 0 Å². The minimum Gasteiger partial charge on any atom is -0.477 e. The second-order valence-electron chi connectivity index (χ2n) is 4.99. The molecule has 0 aliphatic carbocycles. The number of nitrogens with zero attached hydrogens (tertiary/aromatic N) is 1. The summed E-state index contributed by atoms with van der Waals surface area (Å²) in [6.07, 6.45) is 0.574. The maximum atomic E-state index is 11.3. The molecule has 0 bridgehead atoms. The van der Waals surface area contributed by atoms with Gasteiger partial charge in [0.1, 0.15) is 0 Å². The minimum absolute atomic E-state index is 0.0720. The van der Waals surface area contributed by atoms with E-state index in [4.69, 9.17) is 15.4 Å². The average molecular weight is 348 g/mol. The van der Waals surface area contributed by atoms with E-state index >= 15 is 0 Å². The molecule has 1 aliphatic heterocycles. The maximum Gasteiger partial charge on any atom is 0.343 e. The summed E-state index contributed by atoms with van der Waals surface area (Å²) in [6, 6.07) is 19.5. The lowest BCUT2D eigenvalue weighted by atomic mass is 9.92. The molecule has 0 radical (unpaired) electrons. The van der Waals surface area contributed by atoms with E-state index in [9.17, 15) is 8.42 Å². The standard InChI is InChI=1S/C17H14ClNO3S/c18-23(20,21)19-17-15(11-12-22-17)16(13-7-3-1-4-8-13)14-9-5-2-6-10-14/h1-10H,11-12H2/b19-17-. The highest BCUT2D eigenvalue weighted by Gasteiger charge is 2.25. The smallest absolute Gasteiger partial charge is 0.343 e. The van der Waals surface area contributed by atoms with Gasteiger partial charge >= 0.3 is 9.24 Å². The fourth-order valence-corrected chi connectivity index (χ4v) is 3.13. The van der Waals surface area contributed by atoms with Gasteiger partial charge < -0.3 is 4.74 Å². The Morgan fingerprint density at radius 3 is 1.96 bits per heavy atom. The molecule has 1 fully saturated rings. The van der Waals surface area contributed by atoms with Crippen LogP contribution in [-0.4, -0.2) is 20.9 Å². The van der Waals surface area contributed by atoms with Crippen molar-refractivity contribution in [2.45, 2.75) is 6.42 Å². The Bertz CT molecular complexity index is 818. The van der Waals surface area contributed by atoms with Gasteiger partial charge in [0.25, 0.3) is 0 Å². The molecule has 23 heavy (non-hydrogen) atoms. The molecule has 118 valence electrons. The molecule has 1 aliphatic rings. The third-order valence-electron chi connectivity index (χ3n) is 3.47. The molecule has 2 aromatic rings. The molecule has 0 spiro atoms.